The highest BCUT2D eigenvalue weighted by Crippen LogP contribution is 2.11. The molecule has 2 rings (SSSR count). The van der Waals surface area contributed by atoms with Crippen molar-refractivity contribution >= 4 is 5.69 Å². The first-order valence-electron chi connectivity index (χ1n) is 6.08. The molecule has 94 valence electrons. The lowest BCUT2D eigenvalue weighted by Gasteiger charge is -2.17. The summed E-state index contributed by atoms with van der Waals surface area (Å²) >= 11 is 0. The quantitative estimate of drug-likeness (QED) is 0.894. The van der Waals surface area contributed by atoms with Crippen LogP contribution in [0.15, 0.2) is 42.6 Å². The summed E-state index contributed by atoms with van der Waals surface area (Å²) in [7, 11) is 2.10. The summed E-state index contributed by atoms with van der Waals surface area (Å²) in [5.74, 6) is 0. The van der Waals surface area contributed by atoms with E-state index in [1.54, 1.807) is 6.20 Å². The molecule has 0 aliphatic carbocycles. The molecule has 1 aromatic heterocycles. The molecular formula is C15H19N3. The predicted octanol–water partition coefficient (Wildman–Crippen LogP) is 2.60. The largest absolute Gasteiger partial charge is 0.397 e. The molecule has 0 saturated carbocycles. The van der Waals surface area contributed by atoms with E-state index in [9.17, 15) is 0 Å². The minimum Gasteiger partial charge on any atom is -0.397 e. The Bertz CT molecular complexity index is 505. The van der Waals surface area contributed by atoms with E-state index in [2.05, 4.69) is 48.1 Å². The maximum atomic E-state index is 5.62. The third-order valence-electron chi connectivity index (χ3n) is 2.98. The van der Waals surface area contributed by atoms with Crippen LogP contribution in [0.3, 0.4) is 0 Å². The van der Waals surface area contributed by atoms with Gasteiger partial charge in [0.05, 0.1) is 17.6 Å². The highest BCUT2D eigenvalue weighted by molar-refractivity contribution is 5.34. The van der Waals surface area contributed by atoms with Crippen LogP contribution in [-0.2, 0) is 13.1 Å². The van der Waals surface area contributed by atoms with Crippen molar-refractivity contribution in [2.24, 2.45) is 0 Å². The van der Waals surface area contributed by atoms with Crippen molar-refractivity contribution in [2.45, 2.75) is 20.0 Å². The highest BCUT2D eigenvalue weighted by Gasteiger charge is 2.04. The summed E-state index contributed by atoms with van der Waals surface area (Å²) in [5, 5.41) is 0. The van der Waals surface area contributed by atoms with Gasteiger partial charge in [0.15, 0.2) is 0 Å². The van der Waals surface area contributed by atoms with Crippen LogP contribution in [0.1, 0.15) is 16.8 Å². The molecule has 18 heavy (non-hydrogen) atoms. The maximum Gasteiger partial charge on any atom is 0.0545 e. The van der Waals surface area contributed by atoms with E-state index in [-0.39, 0.29) is 0 Å². The van der Waals surface area contributed by atoms with Crippen LogP contribution in [0.2, 0.25) is 0 Å². The van der Waals surface area contributed by atoms with E-state index >= 15 is 0 Å². The molecule has 0 bridgehead atoms. The highest BCUT2D eigenvalue weighted by atomic mass is 15.1. The maximum absolute atomic E-state index is 5.62. The Kier molecular flexibility index (Phi) is 3.95. The molecule has 3 heteroatoms. The van der Waals surface area contributed by atoms with Gasteiger partial charge in [-0.05, 0) is 37.2 Å². The van der Waals surface area contributed by atoms with Gasteiger partial charge in [0.25, 0.3) is 0 Å². The number of pyridine rings is 1. The molecule has 2 N–H and O–H groups in total. The average molecular weight is 241 g/mol. The normalized spacial score (nSPS) is 10.8. The van der Waals surface area contributed by atoms with Gasteiger partial charge in [0.1, 0.15) is 0 Å². The summed E-state index contributed by atoms with van der Waals surface area (Å²) in [6, 6.07) is 12.3. The number of rotatable bonds is 4. The van der Waals surface area contributed by atoms with Gasteiger partial charge in [-0.2, -0.15) is 0 Å². The number of nitrogen functional groups attached to an aromatic ring is 1. The van der Waals surface area contributed by atoms with Crippen LogP contribution in [-0.4, -0.2) is 16.9 Å². The van der Waals surface area contributed by atoms with Gasteiger partial charge >= 0.3 is 0 Å². The van der Waals surface area contributed by atoms with Gasteiger partial charge in [-0.3, -0.25) is 9.88 Å². The van der Waals surface area contributed by atoms with Gasteiger partial charge in [0, 0.05) is 13.1 Å². The topological polar surface area (TPSA) is 42.1 Å². The number of aromatic nitrogens is 1. The lowest BCUT2D eigenvalue weighted by molar-refractivity contribution is 0.314. The minimum atomic E-state index is 0.709. The molecule has 2 aromatic rings. The van der Waals surface area contributed by atoms with Crippen LogP contribution in [0, 0.1) is 6.92 Å². The van der Waals surface area contributed by atoms with Crippen LogP contribution >= 0.6 is 0 Å². The van der Waals surface area contributed by atoms with Crippen LogP contribution in [0.25, 0.3) is 0 Å². The standard InChI is InChI=1S/C15H19N3/c1-12-5-3-4-6-13(12)10-18(2)11-15-8-7-14(16)9-17-15/h3-9H,10-11,16H2,1-2H3. The van der Waals surface area contributed by atoms with E-state index in [1.165, 1.54) is 11.1 Å². The van der Waals surface area contributed by atoms with Crippen molar-refractivity contribution < 1.29 is 0 Å². The average Bonchev–Trinajstić information content (AvgIpc) is 2.35. The fourth-order valence-electron chi connectivity index (χ4n) is 1.94. The molecule has 3 nitrogen and oxygen atoms in total. The third-order valence-corrected chi connectivity index (χ3v) is 2.98. The molecule has 0 spiro atoms. The Labute approximate surface area is 108 Å². The second kappa shape index (κ2) is 5.65. The Hall–Kier alpha value is -1.87. The monoisotopic (exact) mass is 241 g/mol. The Morgan fingerprint density at radius 1 is 1.11 bits per heavy atom. The first-order valence-corrected chi connectivity index (χ1v) is 6.08. The van der Waals surface area contributed by atoms with Crippen molar-refractivity contribution in [3.05, 3.63) is 59.4 Å². The predicted molar refractivity (Wildman–Crippen MR) is 75.0 cm³/mol. The Balaban J connectivity index is 1.99. The number of anilines is 1. The Morgan fingerprint density at radius 3 is 2.56 bits per heavy atom. The van der Waals surface area contributed by atoms with Gasteiger partial charge < -0.3 is 5.73 Å². The molecule has 0 atom stereocenters. The number of aryl methyl sites for hydroxylation is 1. The summed E-state index contributed by atoms with van der Waals surface area (Å²) in [6.07, 6.45) is 1.71. The molecule has 0 unspecified atom stereocenters. The van der Waals surface area contributed by atoms with E-state index in [4.69, 9.17) is 5.73 Å². The second-order valence-corrected chi connectivity index (χ2v) is 4.68. The lowest BCUT2D eigenvalue weighted by atomic mass is 10.1. The van der Waals surface area contributed by atoms with Gasteiger partial charge in [0.2, 0.25) is 0 Å². The van der Waals surface area contributed by atoms with Crippen molar-refractivity contribution in [1.29, 1.82) is 0 Å². The Morgan fingerprint density at radius 2 is 1.89 bits per heavy atom. The molecule has 1 aromatic carbocycles. The molecule has 0 radical (unpaired) electrons. The van der Waals surface area contributed by atoms with Crippen molar-refractivity contribution in [1.82, 2.24) is 9.88 Å². The lowest BCUT2D eigenvalue weighted by Crippen LogP contribution is -2.18. The van der Waals surface area contributed by atoms with Crippen molar-refractivity contribution in [3.8, 4) is 0 Å². The van der Waals surface area contributed by atoms with E-state index < -0.39 is 0 Å². The van der Waals surface area contributed by atoms with E-state index in [0.29, 0.717) is 5.69 Å². The summed E-state index contributed by atoms with van der Waals surface area (Å²) in [4.78, 5) is 6.57. The molecular weight excluding hydrogens is 222 g/mol. The summed E-state index contributed by atoms with van der Waals surface area (Å²) in [6.45, 7) is 3.90. The van der Waals surface area contributed by atoms with Crippen LogP contribution in [0.4, 0.5) is 5.69 Å². The van der Waals surface area contributed by atoms with Gasteiger partial charge in [-0.25, -0.2) is 0 Å². The number of nitrogens with two attached hydrogens (primary N) is 1. The van der Waals surface area contributed by atoms with Crippen LogP contribution in [0.5, 0.6) is 0 Å². The smallest absolute Gasteiger partial charge is 0.0545 e. The van der Waals surface area contributed by atoms with Gasteiger partial charge in [-0.1, -0.05) is 24.3 Å². The molecule has 1 heterocycles. The van der Waals surface area contributed by atoms with Gasteiger partial charge in [-0.15, -0.1) is 0 Å². The molecule has 0 saturated heterocycles. The molecule has 0 amide bonds. The molecule has 0 fully saturated rings. The van der Waals surface area contributed by atoms with Crippen molar-refractivity contribution in [3.63, 3.8) is 0 Å². The third kappa shape index (κ3) is 3.31. The summed E-state index contributed by atoms with van der Waals surface area (Å²) < 4.78 is 0. The number of hydrogen-bond donors (Lipinski definition) is 1. The SMILES string of the molecule is Cc1ccccc1CN(C)Cc1ccc(N)cn1. The van der Waals surface area contributed by atoms with Crippen LogP contribution < -0.4 is 5.73 Å². The summed E-state index contributed by atoms with van der Waals surface area (Å²) in [5.41, 5.74) is 10.1. The van der Waals surface area contributed by atoms with Crippen molar-refractivity contribution in [2.75, 3.05) is 12.8 Å². The number of hydrogen-bond acceptors (Lipinski definition) is 3. The zero-order chi connectivity index (χ0) is 13.0. The van der Waals surface area contributed by atoms with E-state index in [0.717, 1.165) is 18.8 Å². The van der Waals surface area contributed by atoms with E-state index in [1.807, 2.05) is 12.1 Å². The first kappa shape index (κ1) is 12.6. The number of benzene rings is 1. The molecule has 0 aliphatic heterocycles. The second-order valence-electron chi connectivity index (χ2n) is 4.68. The number of nitrogens with zero attached hydrogens (tertiary/aromatic N) is 2. The first-order chi connectivity index (χ1) is 8.65. The fraction of sp³-hybridized carbons (Fsp3) is 0.267. The zero-order valence-corrected chi connectivity index (χ0v) is 10.9. The zero-order valence-electron chi connectivity index (χ0n) is 10.9. The minimum absolute atomic E-state index is 0.709. The molecule has 0 aliphatic rings. The fourth-order valence-corrected chi connectivity index (χ4v) is 1.94.